The highest BCUT2D eigenvalue weighted by molar-refractivity contribution is 5.70. The number of aromatic nitrogens is 4. The summed E-state index contributed by atoms with van der Waals surface area (Å²) < 4.78 is 4.00. The van der Waals surface area contributed by atoms with Crippen LogP contribution < -0.4 is 11.2 Å². The summed E-state index contributed by atoms with van der Waals surface area (Å²) in [5, 5.41) is 0. The number of hydrogen-bond donors (Lipinski definition) is 0. The third-order valence-electron chi connectivity index (χ3n) is 3.10. The van der Waals surface area contributed by atoms with Crippen LogP contribution in [-0.2, 0) is 19.6 Å². The standard InChI is InChI=1S/C12H14N4O2/c1-6-12(2,3)16-7-13-9-8(16)10(17)15(5)11(18)14(9)4/h1,7H,2-5H3. The van der Waals surface area contributed by atoms with E-state index in [1.807, 2.05) is 0 Å². The molecule has 94 valence electrons. The van der Waals surface area contributed by atoms with E-state index in [1.54, 1.807) is 25.5 Å². The maximum absolute atomic E-state index is 12.2. The fourth-order valence-corrected chi connectivity index (χ4v) is 1.84. The van der Waals surface area contributed by atoms with Crippen molar-refractivity contribution in [1.82, 2.24) is 18.7 Å². The van der Waals surface area contributed by atoms with Crippen LogP contribution >= 0.6 is 0 Å². The number of nitrogens with zero attached hydrogens (tertiary/aromatic N) is 4. The maximum atomic E-state index is 12.2. The molecule has 2 rings (SSSR count). The molecular formula is C12H14N4O2. The highest BCUT2D eigenvalue weighted by Gasteiger charge is 2.23. The average Bonchev–Trinajstić information content (AvgIpc) is 2.79. The zero-order valence-corrected chi connectivity index (χ0v) is 10.8. The molecule has 0 spiro atoms. The van der Waals surface area contributed by atoms with E-state index in [0.29, 0.717) is 11.2 Å². The molecule has 0 bridgehead atoms. The van der Waals surface area contributed by atoms with Gasteiger partial charge in [0.15, 0.2) is 11.2 Å². The van der Waals surface area contributed by atoms with Crippen molar-refractivity contribution < 1.29 is 0 Å². The Kier molecular flexibility index (Phi) is 2.44. The minimum Gasteiger partial charge on any atom is -0.308 e. The summed E-state index contributed by atoms with van der Waals surface area (Å²) in [7, 11) is 3.01. The Bertz CT molecular complexity index is 783. The van der Waals surface area contributed by atoms with Crippen LogP contribution in [0.1, 0.15) is 13.8 Å². The zero-order chi connectivity index (χ0) is 13.7. The lowest BCUT2D eigenvalue weighted by Crippen LogP contribution is -2.38. The fraction of sp³-hybridized carbons (Fsp3) is 0.417. The molecule has 0 amide bonds. The maximum Gasteiger partial charge on any atom is 0.332 e. The number of terminal acetylenes is 1. The molecule has 0 unspecified atom stereocenters. The highest BCUT2D eigenvalue weighted by atomic mass is 16.2. The van der Waals surface area contributed by atoms with Crippen LogP contribution in [0.15, 0.2) is 15.9 Å². The van der Waals surface area contributed by atoms with Crippen molar-refractivity contribution in [3.05, 3.63) is 27.2 Å². The van der Waals surface area contributed by atoms with Gasteiger partial charge in [-0.15, -0.1) is 6.42 Å². The van der Waals surface area contributed by atoms with Gasteiger partial charge in [0.2, 0.25) is 0 Å². The van der Waals surface area contributed by atoms with Crippen LogP contribution in [0.2, 0.25) is 0 Å². The minimum atomic E-state index is -0.682. The molecule has 0 aromatic carbocycles. The normalized spacial score (nSPS) is 11.7. The van der Waals surface area contributed by atoms with Crippen LogP contribution in [0.25, 0.3) is 11.2 Å². The molecule has 0 saturated carbocycles. The van der Waals surface area contributed by atoms with Gasteiger partial charge in [0, 0.05) is 14.1 Å². The van der Waals surface area contributed by atoms with E-state index in [1.165, 1.54) is 17.9 Å². The molecule has 0 fully saturated rings. The van der Waals surface area contributed by atoms with Gasteiger partial charge in [0.25, 0.3) is 5.56 Å². The van der Waals surface area contributed by atoms with E-state index in [4.69, 9.17) is 6.42 Å². The predicted molar refractivity (Wildman–Crippen MR) is 68.4 cm³/mol. The number of aryl methyl sites for hydroxylation is 1. The Labute approximate surface area is 103 Å². The van der Waals surface area contributed by atoms with Crippen molar-refractivity contribution in [3.63, 3.8) is 0 Å². The van der Waals surface area contributed by atoms with Crippen molar-refractivity contribution in [2.24, 2.45) is 14.1 Å². The molecule has 0 N–H and O–H groups in total. The average molecular weight is 246 g/mol. The molecule has 6 nitrogen and oxygen atoms in total. The molecular weight excluding hydrogens is 232 g/mol. The second-order valence-corrected chi connectivity index (χ2v) is 4.70. The molecule has 0 aliphatic heterocycles. The van der Waals surface area contributed by atoms with Crippen molar-refractivity contribution in [2.75, 3.05) is 0 Å². The molecule has 2 heterocycles. The van der Waals surface area contributed by atoms with Gasteiger partial charge in [-0.25, -0.2) is 9.78 Å². The number of fused-ring (bicyclic) bond motifs is 1. The predicted octanol–water partition coefficient (Wildman–Crippen LogP) is -0.198. The van der Waals surface area contributed by atoms with Crippen LogP contribution in [0.3, 0.4) is 0 Å². The molecule has 0 radical (unpaired) electrons. The molecule has 0 saturated heterocycles. The Hall–Kier alpha value is -2.29. The van der Waals surface area contributed by atoms with Crippen molar-refractivity contribution in [1.29, 1.82) is 0 Å². The van der Waals surface area contributed by atoms with Gasteiger partial charge in [-0.2, -0.15) is 0 Å². The van der Waals surface area contributed by atoms with Gasteiger partial charge >= 0.3 is 5.69 Å². The lowest BCUT2D eigenvalue weighted by molar-refractivity contribution is 0.486. The lowest BCUT2D eigenvalue weighted by atomic mass is 10.1. The van der Waals surface area contributed by atoms with E-state index in [-0.39, 0.29) is 0 Å². The molecule has 2 aromatic rings. The van der Waals surface area contributed by atoms with Gasteiger partial charge in [0.05, 0.1) is 6.33 Å². The van der Waals surface area contributed by atoms with Crippen molar-refractivity contribution >= 4 is 11.2 Å². The van der Waals surface area contributed by atoms with Crippen LogP contribution in [0.5, 0.6) is 0 Å². The first-order valence-corrected chi connectivity index (χ1v) is 5.42. The minimum absolute atomic E-state index is 0.336. The summed E-state index contributed by atoms with van der Waals surface area (Å²) in [6.45, 7) is 3.61. The smallest absolute Gasteiger partial charge is 0.308 e. The topological polar surface area (TPSA) is 61.8 Å². The quantitative estimate of drug-likeness (QED) is 0.655. The zero-order valence-electron chi connectivity index (χ0n) is 10.8. The molecule has 18 heavy (non-hydrogen) atoms. The molecule has 0 aliphatic rings. The van der Waals surface area contributed by atoms with Gasteiger partial charge < -0.3 is 4.57 Å². The SMILES string of the molecule is C#CC(C)(C)n1cnc2c1c(=O)n(C)c(=O)n2C. The Morgan fingerprint density at radius 2 is 1.89 bits per heavy atom. The monoisotopic (exact) mass is 246 g/mol. The summed E-state index contributed by atoms with van der Waals surface area (Å²) in [6, 6.07) is 0. The number of hydrogen-bond acceptors (Lipinski definition) is 3. The first-order chi connectivity index (χ1) is 8.31. The van der Waals surface area contributed by atoms with E-state index in [0.717, 1.165) is 4.57 Å². The lowest BCUT2D eigenvalue weighted by Gasteiger charge is -2.20. The van der Waals surface area contributed by atoms with Gasteiger partial charge in [-0.3, -0.25) is 13.9 Å². The van der Waals surface area contributed by atoms with Gasteiger partial charge in [-0.05, 0) is 13.8 Å². The summed E-state index contributed by atoms with van der Waals surface area (Å²) in [5.74, 6) is 2.60. The Balaban J connectivity index is 3.06. The van der Waals surface area contributed by atoms with Crippen LogP contribution in [0.4, 0.5) is 0 Å². The van der Waals surface area contributed by atoms with Crippen LogP contribution in [0, 0.1) is 12.3 Å². The third-order valence-corrected chi connectivity index (χ3v) is 3.10. The summed E-state index contributed by atoms with van der Waals surface area (Å²) in [5.41, 5.74) is -0.808. The molecule has 0 atom stereocenters. The van der Waals surface area contributed by atoms with Crippen molar-refractivity contribution in [3.8, 4) is 12.3 Å². The van der Waals surface area contributed by atoms with Gasteiger partial charge in [0.1, 0.15) is 5.54 Å². The molecule has 6 heteroatoms. The van der Waals surface area contributed by atoms with E-state index < -0.39 is 16.8 Å². The largest absolute Gasteiger partial charge is 0.332 e. The molecule has 0 aliphatic carbocycles. The summed E-state index contributed by atoms with van der Waals surface area (Å²) in [6.07, 6.45) is 6.96. The fourth-order valence-electron chi connectivity index (χ4n) is 1.84. The highest BCUT2D eigenvalue weighted by Crippen LogP contribution is 2.18. The third kappa shape index (κ3) is 1.40. The number of rotatable bonds is 1. The van der Waals surface area contributed by atoms with Crippen molar-refractivity contribution in [2.45, 2.75) is 19.4 Å². The van der Waals surface area contributed by atoms with E-state index >= 15 is 0 Å². The van der Waals surface area contributed by atoms with Crippen LogP contribution in [-0.4, -0.2) is 18.7 Å². The summed E-state index contributed by atoms with van der Waals surface area (Å²) in [4.78, 5) is 28.0. The molecule has 2 aromatic heterocycles. The summed E-state index contributed by atoms with van der Waals surface area (Å²) >= 11 is 0. The van der Waals surface area contributed by atoms with E-state index in [2.05, 4.69) is 10.9 Å². The Morgan fingerprint density at radius 1 is 1.28 bits per heavy atom. The second-order valence-electron chi connectivity index (χ2n) is 4.70. The van der Waals surface area contributed by atoms with Gasteiger partial charge in [-0.1, -0.05) is 5.92 Å². The van der Waals surface area contributed by atoms with E-state index in [9.17, 15) is 9.59 Å². The first kappa shape index (κ1) is 12.2. The second kappa shape index (κ2) is 3.60. The number of imidazole rings is 1. The Morgan fingerprint density at radius 3 is 2.44 bits per heavy atom. The first-order valence-electron chi connectivity index (χ1n) is 5.42.